The molecule has 0 fully saturated rings. The van der Waals surface area contributed by atoms with Gasteiger partial charge < -0.3 is 16.5 Å². The molecule has 5 aromatic rings. The predicted octanol–water partition coefficient (Wildman–Crippen LogP) is 9.79. The summed E-state index contributed by atoms with van der Waals surface area (Å²) >= 11 is 1.98. The first-order valence-corrected chi connectivity index (χ1v) is 17.4. The summed E-state index contributed by atoms with van der Waals surface area (Å²) in [4.78, 5) is 7.17. The number of fused-ring (bicyclic) bond motifs is 12. The molecule has 48 heavy (non-hydrogen) atoms. The number of hydrogen-bond acceptors (Lipinski definition) is 5. The number of dihydropyridines is 1. The maximum absolute atomic E-state index is 7.56. The van der Waals surface area contributed by atoms with Gasteiger partial charge in [-0.25, -0.2) is 0 Å². The monoisotopic (exact) mass is 646 g/mol. The third kappa shape index (κ3) is 4.61. The molecule has 1 unspecified atom stereocenters. The van der Waals surface area contributed by atoms with Gasteiger partial charge in [0, 0.05) is 34.3 Å². The van der Waals surface area contributed by atoms with Gasteiger partial charge in [0.05, 0.1) is 11.0 Å². The van der Waals surface area contributed by atoms with E-state index in [2.05, 4.69) is 133 Å². The molecule has 3 heterocycles. The first-order chi connectivity index (χ1) is 23.7. The number of nitrogens with one attached hydrogen (secondary N) is 2. The Balaban J connectivity index is 0.000000636. The highest BCUT2D eigenvalue weighted by atomic mass is 32.1. The molecule has 4 nitrogen and oxygen atoms in total. The summed E-state index contributed by atoms with van der Waals surface area (Å²) in [5, 5.41) is 8.80. The second-order valence-electron chi connectivity index (χ2n) is 11.6. The molecule has 1 atom stereocenters. The molecular formula is C43H42N4S. The summed E-state index contributed by atoms with van der Waals surface area (Å²) in [7, 11) is 0. The van der Waals surface area contributed by atoms with Gasteiger partial charge in [0.1, 0.15) is 0 Å². The number of pyridine rings is 1. The number of aromatic nitrogens is 1. The highest BCUT2D eigenvalue weighted by Crippen LogP contribution is 2.66. The standard InChI is InChI=1S/C38H29N3S.C2H6.C2H4.CH3N/c39-38(24-15-19-40-20-16-24,25-17-21-41-22-18-25)26-13-14-33-30(23-26)35-29-9-3-6-12-34(29)42-36(35)37(33)31-10-4-1-7-27(31)28-8-2-5-11-32(28)37;3*1-2/h1-2,4-8,10-21,23,41H,3,9,22,39H2;1-2H3;1-2H2;2H,1H2. The largest absolute Gasteiger partial charge is 0.387 e. The number of benzene rings is 3. The van der Waals surface area contributed by atoms with E-state index in [4.69, 9.17) is 11.1 Å². The minimum atomic E-state index is -0.812. The SMILES string of the molecule is C=C.C=N.CC.NC(C1=CCNC=C1)(c1ccncc1)c1ccc2c(c1)-c1c(sc3c1CCC=C3)C21c2ccccc2-c2ccccc21. The molecule has 0 amide bonds. The van der Waals surface area contributed by atoms with Crippen LogP contribution in [0.15, 0.2) is 134 Å². The van der Waals surface area contributed by atoms with Crippen LogP contribution in [0.25, 0.3) is 28.3 Å². The summed E-state index contributed by atoms with van der Waals surface area (Å²) in [6.45, 7) is 13.3. The summed E-state index contributed by atoms with van der Waals surface area (Å²) in [6, 6.07) is 29.2. The molecule has 0 radical (unpaired) electrons. The van der Waals surface area contributed by atoms with Gasteiger partial charge in [0.15, 0.2) is 0 Å². The summed E-state index contributed by atoms with van der Waals surface area (Å²) in [5.41, 5.74) is 20.7. The number of nitrogens with zero attached hydrogens (tertiary/aromatic N) is 1. The van der Waals surface area contributed by atoms with Crippen molar-refractivity contribution in [3.05, 3.63) is 178 Å². The number of nitrogens with two attached hydrogens (primary N) is 1. The van der Waals surface area contributed by atoms with Crippen molar-refractivity contribution in [3.8, 4) is 22.3 Å². The van der Waals surface area contributed by atoms with Crippen molar-refractivity contribution >= 4 is 24.1 Å². The highest BCUT2D eigenvalue weighted by molar-refractivity contribution is 7.14. The zero-order chi connectivity index (χ0) is 33.9. The van der Waals surface area contributed by atoms with E-state index < -0.39 is 5.54 Å². The third-order valence-corrected chi connectivity index (χ3v) is 11.0. The van der Waals surface area contributed by atoms with Gasteiger partial charge in [0.25, 0.3) is 0 Å². The van der Waals surface area contributed by atoms with Crippen molar-refractivity contribution < 1.29 is 0 Å². The lowest BCUT2D eigenvalue weighted by Crippen LogP contribution is -2.41. The molecule has 2 aromatic heterocycles. The van der Waals surface area contributed by atoms with Gasteiger partial charge in [-0.3, -0.25) is 4.98 Å². The van der Waals surface area contributed by atoms with Crippen LogP contribution in [-0.2, 0) is 17.4 Å². The van der Waals surface area contributed by atoms with E-state index in [1.165, 1.54) is 54.3 Å². The number of thiophene rings is 1. The molecule has 1 aliphatic heterocycles. The fourth-order valence-corrected chi connectivity index (χ4v) is 9.44. The van der Waals surface area contributed by atoms with Crippen LogP contribution in [0.2, 0.25) is 0 Å². The fourth-order valence-electron chi connectivity index (χ4n) is 7.91. The molecule has 3 aromatic carbocycles. The second kappa shape index (κ2) is 13.6. The van der Waals surface area contributed by atoms with Gasteiger partial charge in [-0.05, 0) is 112 Å². The fraction of sp³-hybridized carbons (Fsp3) is 0.163. The Morgan fingerprint density at radius 3 is 2.12 bits per heavy atom. The van der Waals surface area contributed by atoms with Gasteiger partial charge in [-0.1, -0.05) is 86.7 Å². The Bertz CT molecular complexity index is 2000. The molecule has 240 valence electrons. The minimum Gasteiger partial charge on any atom is -0.387 e. The van der Waals surface area contributed by atoms with Crippen LogP contribution in [0, 0.1) is 5.41 Å². The Hall–Kier alpha value is -5.10. The zero-order valence-electron chi connectivity index (χ0n) is 27.7. The van der Waals surface area contributed by atoms with Crippen molar-refractivity contribution in [2.24, 2.45) is 5.73 Å². The minimum absolute atomic E-state index is 0.325. The maximum Gasteiger partial charge on any atom is 0.0922 e. The van der Waals surface area contributed by atoms with E-state index in [1.807, 2.05) is 43.8 Å². The molecule has 0 bridgehead atoms. The van der Waals surface area contributed by atoms with Gasteiger partial charge in [-0.15, -0.1) is 24.5 Å². The first-order valence-electron chi connectivity index (χ1n) is 16.5. The maximum atomic E-state index is 7.56. The molecule has 1 spiro atoms. The van der Waals surface area contributed by atoms with E-state index in [9.17, 15) is 0 Å². The van der Waals surface area contributed by atoms with Crippen molar-refractivity contribution in [3.63, 3.8) is 0 Å². The van der Waals surface area contributed by atoms with Gasteiger partial charge >= 0.3 is 0 Å². The molecule has 4 N–H and O–H groups in total. The predicted molar refractivity (Wildman–Crippen MR) is 205 cm³/mol. The van der Waals surface area contributed by atoms with Crippen LogP contribution in [0.3, 0.4) is 0 Å². The van der Waals surface area contributed by atoms with Crippen LogP contribution in [-0.4, -0.2) is 18.2 Å². The molecule has 5 heteroatoms. The molecular weight excluding hydrogens is 605 g/mol. The topological polar surface area (TPSA) is 74.8 Å². The molecule has 3 aliphatic carbocycles. The Morgan fingerprint density at radius 2 is 1.48 bits per heavy atom. The van der Waals surface area contributed by atoms with E-state index in [1.54, 1.807) is 0 Å². The first kappa shape index (κ1) is 32.8. The van der Waals surface area contributed by atoms with Crippen molar-refractivity contribution in [2.45, 2.75) is 37.6 Å². The summed E-state index contributed by atoms with van der Waals surface area (Å²) < 4.78 is 0. The normalized spacial score (nSPS) is 15.9. The number of allylic oxidation sites excluding steroid dienone is 1. The van der Waals surface area contributed by atoms with Crippen LogP contribution < -0.4 is 11.1 Å². The molecule has 0 saturated carbocycles. The highest BCUT2D eigenvalue weighted by Gasteiger charge is 2.54. The van der Waals surface area contributed by atoms with E-state index >= 15 is 0 Å². The Morgan fingerprint density at radius 1 is 0.833 bits per heavy atom. The van der Waals surface area contributed by atoms with Crippen LogP contribution >= 0.6 is 11.3 Å². The van der Waals surface area contributed by atoms with Gasteiger partial charge in [0.2, 0.25) is 0 Å². The van der Waals surface area contributed by atoms with Crippen molar-refractivity contribution in [2.75, 3.05) is 6.54 Å². The summed E-state index contributed by atoms with van der Waals surface area (Å²) in [6.07, 6.45) is 16.8. The number of hydrogen-bond donors (Lipinski definition) is 3. The smallest absolute Gasteiger partial charge is 0.0922 e. The second-order valence-corrected chi connectivity index (χ2v) is 12.7. The average molecular weight is 647 g/mol. The van der Waals surface area contributed by atoms with E-state index in [0.717, 1.165) is 36.1 Å². The van der Waals surface area contributed by atoms with E-state index in [-0.39, 0.29) is 5.41 Å². The number of rotatable bonds is 3. The van der Waals surface area contributed by atoms with Crippen LogP contribution in [0.1, 0.15) is 63.4 Å². The Kier molecular flexibility index (Phi) is 9.27. The van der Waals surface area contributed by atoms with Crippen LogP contribution in [0.5, 0.6) is 0 Å². The van der Waals surface area contributed by atoms with E-state index in [0.29, 0.717) is 0 Å². The van der Waals surface area contributed by atoms with Gasteiger partial charge in [-0.2, -0.15) is 0 Å². The molecule has 9 rings (SSSR count). The van der Waals surface area contributed by atoms with Crippen molar-refractivity contribution in [1.82, 2.24) is 10.3 Å². The molecule has 0 saturated heterocycles. The zero-order valence-corrected chi connectivity index (χ0v) is 28.5. The molecule has 4 aliphatic rings. The average Bonchev–Trinajstić information content (AvgIpc) is 3.81. The Labute approximate surface area is 288 Å². The quantitative estimate of drug-likeness (QED) is 0.132. The van der Waals surface area contributed by atoms with Crippen LogP contribution in [0.4, 0.5) is 0 Å². The lowest BCUT2D eigenvalue weighted by atomic mass is 9.72. The summed E-state index contributed by atoms with van der Waals surface area (Å²) in [5.74, 6) is 0. The van der Waals surface area contributed by atoms with Crippen molar-refractivity contribution in [1.29, 1.82) is 5.41 Å². The lowest BCUT2D eigenvalue weighted by Gasteiger charge is -2.34. The third-order valence-electron chi connectivity index (χ3n) is 9.72. The lowest BCUT2D eigenvalue weighted by molar-refractivity contribution is 0.641.